The van der Waals surface area contributed by atoms with Gasteiger partial charge in [-0.1, -0.05) is 35.3 Å². The Bertz CT molecular complexity index is 455. The Morgan fingerprint density at radius 2 is 2.00 bits per heavy atom. The number of rotatable bonds is 3. The van der Waals surface area contributed by atoms with Crippen LogP contribution < -0.4 is 5.32 Å². The molecule has 0 spiro atoms. The van der Waals surface area contributed by atoms with Crippen LogP contribution in [0.25, 0.3) is 0 Å². The van der Waals surface area contributed by atoms with Crippen LogP contribution in [-0.4, -0.2) is 30.6 Å². The molecule has 2 nitrogen and oxygen atoms in total. The normalized spacial score (nSPS) is 31.4. The van der Waals surface area contributed by atoms with Gasteiger partial charge >= 0.3 is 0 Å². The lowest BCUT2D eigenvalue weighted by Crippen LogP contribution is -2.56. The molecule has 19 heavy (non-hydrogen) atoms. The van der Waals surface area contributed by atoms with E-state index in [9.17, 15) is 0 Å². The van der Waals surface area contributed by atoms with Crippen LogP contribution in [0.4, 0.5) is 0 Å². The van der Waals surface area contributed by atoms with E-state index in [-0.39, 0.29) is 6.04 Å². The van der Waals surface area contributed by atoms with Crippen molar-refractivity contribution in [2.75, 3.05) is 19.6 Å². The number of piperidine rings is 3. The van der Waals surface area contributed by atoms with E-state index in [2.05, 4.69) is 23.2 Å². The highest BCUT2D eigenvalue weighted by Crippen LogP contribution is 2.32. The third kappa shape index (κ3) is 2.78. The van der Waals surface area contributed by atoms with Gasteiger partial charge in [0.05, 0.1) is 10.0 Å². The summed E-state index contributed by atoms with van der Waals surface area (Å²) >= 11 is 12.4. The van der Waals surface area contributed by atoms with Crippen LogP contribution in [0.1, 0.15) is 31.4 Å². The van der Waals surface area contributed by atoms with Crippen molar-refractivity contribution in [1.29, 1.82) is 0 Å². The highest BCUT2D eigenvalue weighted by molar-refractivity contribution is 6.42. The number of benzene rings is 1. The van der Waals surface area contributed by atoms with Crippen LogP contribution in [0, 0.1) is 5.92 Å². The lowest BCUT2D eigenvalue weighted by molar-refractivity contribution is 0.0680. The van der Waals surface area contributed by atoms with Gasteiger partial charge in [-0.2, -0.15) is 0 Å². The zero-order valence-electron chi connectivity index (χ0n) is 11.2. The summed E-state index contributed by atoms with van der Waals surface area (Å²) in [6.45, 7) is 5.90. The van der Waals surface area contributed by atoms with Crippen molar-refractivity contribution in [3.05, 3.63) is 33.8 Å². The minimum Gasteiger partial charge on any atom is -0.306 e. The molecule has 0 aliphatic carbocycles. The Morgan fingerprint density at radius 1 is 1.26 bits per heavy atom. The summed E-state index contributed by atoms with van der Waals surface area (Å²) in [6.07, 6.45) is 2.65. The predicted molar refractivity (Wildman–Crippen MR) is 81.0 cm³/mol. The van der Waals surface area contributed by atoms with Crippen LogP contribution in [0.5, 0.6) is 0 Å². The predicted octanol–water partition coefficient (Wildman–Crippen LogP) is 3.74. The first-order valence-electron chi connectivity index (χ1n) is 7.07. The standard InChI is InChI=1S/C15H20Cl2N2/c1-10(12-3-2-4-13(16)15(12)17)18-14-9-19-7-5-11(14)6-8-19/h2-4,10-11,14,18H,5-9H2,1H3. The van der Waals surface area contributed by atoms with E-state index in [0.29, 0.717) is 16.1 Å². The van der Waals surface area contributed by atoms with E-state index in [4.69, 9.17) is 23.2 Å². The van der Waals surface area contributed by atoms with Crippen LogP contribution in [-0.2, 0) is 0 Å². The molecule has 0 saturated carbocycles. The lowest BCUT2D eigenvalue weighted by Gasteiger charge is -2.46. The Balaban J connectivity index is 1.71. The van der Waals surface area contributed by atoms with Crippen molar-refractivity contribution in [3.63, 3.8) is 0 Å². The maximum Gasteiger partial charge on any atom is 0.0639 e. The van der Waals surface area contributed by atoms with Gasteiger partial charge in [0.25, 0.3) is 0 Å². The average Bonchev–Trinajstić information content (AvgIpc) is 2.43. The van der Waals surface area contributed by atoms with E-state index in [0.717, 1.165) is 11.5 Å². The molecule has 3 heterocycles. The van der Waals surface area contributed by atoms with E-state index in [1.165, 1.54) is 32.5 Å². The van der Waals surface area contributed by atoms with Crippen molar-refractivity contribution >= 4 is 23.2 Å². The fourth-order valence-corrected chi connectivity index (χ4v) is 3.89. The number of hydrogen-bond acceptors (Lipinski definition) is 2. The number of nitrogens with one attached hydrogen (secondary N) is 1. The van der Waals surface area contributed by atoms with Gasteiger partial charge in [-0.25, -0.2) is 0 Å². The third-order valence-corrected chi connectivity index (χ3v) is 5.40. The zero-order valence-corrected chi connectivity index (χ0v) is 12.7. The largest absolute Gasteiger partial charge is 0.306 e. The monoisotopic (exact) mass is 298 g/mol. The lowest BCUT2D eigenvalue weighted by atomic mass is 9.83. The van der Waals surface area contributed by atoms with Crippen molar-refractivity contribution in [3.8, 4) is 0 Å². The second-order valence-corrected chi connectivity index (χ2v) is 6.56. The SMILES string of the molecule is CC(NC1CN2CCC1CC2)c1cccc(Cl)c1Cl. The Labute approximate surface area is 125 Å². The Morgan fingerprint density at radius 3 is 2.63 bits per heavy atom. The molecule has 0 aromatic heterocycles. The number of fused-ring (bicyclic) bond motifs is 3. The highest BCUT2D eigenvalue weighted by atomic mass is 35.5. The molecule has 0 amide bonds. The van der Waals surface area contributed by atoms with Crippen LogP contribution >= 0.6 is 23.2 Å². The molecule has 1 aromatic carbocycles. The van der Waals surface area contributed by atoms with Crippen LogP contribution in [0.3, 0.4) is 0 Å². The highest BCUT2D eigenvalue weighted by Gasteiger charge is 2.34. The minimum absolute atomic E-state index is 0.247. The van der Waals surface area contributed by atoms with E-state index < -0.39 is 0 Å². The summed E-state index contributed by atoms with van der Waals surface area (Å²) in [5, 5.41) is 5.08. The van der Waals surface area contributed by atoms with E-state index in [1.54, 1.807) is 0 Å². The maximum absolute atomic E-state index is 6.30. The molecule has 2 unspecified atom stereocenters. The van der Waals surface area contributed by atoms with Gasteiger partial charge in [-0.3, -0.25) is 0 Å². The average molecular weight is 299 g/mol. The minimum atomic E-state index is 0.247. The molecule has 3 fully saturated rings. The van der Waals surface area contributed by atoms with Crippen LogP contribution in [0.2, 0.25) is 10.0 Å². The summed E-state index contributed by atoms with van der Waals surface area (Å²) in [6, 6.07) is 6.71. The first-order valence-corrected chi connectivity index (χ1v) is 7.83. The van der Waals surface area contributed by atoms with Crippen molar-refractivity contribution in [1.82, 2.24) is 10.2 Å². The molecule has 4 heteroatoms. The summed E-state index contributed by atoms with van der Waals surface area (Å²) < 4.78 is 0. The fourth-order valence-electron chi connectivity index (χ4n) is 3.42. The molecule has 4 rings (SSSR count). The molecule has 0 radical (unpaired) electrons. The van der Waals surface area contributed by atoms with Crippen molar-refractivity contribution < 1.29 is 0 Å². The van der Waals surface area contributed by atoms with Gasteiger partial charge in [0.2, 0.25) is 0 Å². The molecular formula is C15H20Cl2N2. The van der Waals surface area contributed by atoms with Gasteiger partial charge in [0.1, 0.15) is 0 Å². The van der Waals surface area contributed by atoms with E-state index >= 15 is 0 Å². The van der Waals surface area contributed by atoms with Crippen LogP contribution in [0.15, 0.2) is 18.2 Å². The molecule has 104 valence electrons. The van der Waals surface area contributed by atoms with Gasteiger partial charge in [-0.15, -0.1) is 0 Å². The van der Waals surface area contributed by atoms with Crippen molar-refractivity contribution in [2.24, 2.45) is 5.92 Å². The maximum atomic E-state index is 6.30. The molecule has 1 aromatic rings. The van der Waals surface area contributed by atoms with Gasteiger partial charge in [-0.05, 0) is 50.4 Å². The smallest absolute Gasteiger partial charge is 0.0639 e. The van der Waals surface area contributed by atoms with E-state index in [1.807, 2.05) is 12.1 Å². The van der Waals surface area contributed by atoms with Gasteiger partial charge in [0.15, 0.2) is 0 Å². The summed E-state index contributed by atoms with van der Waals surface area (Å²) in [5.41, 5.74) is 1.10. The fraction of sp³-hybridized carbons (Fsp3) is 0.600. The summed E-state index contributed by atoms with van der Waals surface area (Å²) in [5.74, 6) is 0.824. The molecular weight excluding hydrogens is 279 g/mol. The Kier molecular flexibility index (Phi) is 4.04. The number of hydrogen-bond donors (Lipinski definition) is 1. The van der Waals surface area contributed by atoms with Gasteiger partial charge < -0.3 is 10.2 Å². The molecule has 3 aliphatic rings. The second kappa shape index (κ2) is 5.61. The number of halogens is 2. The first kappa shape index (κ1) is 13.7. The Hall–Kier alpha value is -0.280. The zero-order chi connectivity index (χ0) is 13.4. The topological polar surface area (TPSA) is 15.3 Å². The first-order chi connectivity index (χ1) is 9.15. The van der Waals surface area contributed by atoms with Crippen molar-refractivity contribution in [2.45, 2.75) is 31.8 Å². The molecule has 1 N–H and O–H groups in total. The quantitative estimate of drug-likeness (QED) is 0.914. The number of nitrogens with zero attached hydrogens (tertiary/aromatic N) is 1. The third-order valence-electron chi connectivity index (χ3n) is 4.57. The second-order valence-electron chi connectivity index (χ2n) is 5.78. The van der Waals surface area contributed by atoms with Gasteiger partial charge in [0, 0.05) is 18.6 Å². The molecule has 3 saturated heterocycles. The molecule has 2 atom stereocenters. The summed E-state index contributed by atoms with van der Waals surface area (Å²) in [7, 11) is 0. The molecule has 3 aliphatic heterocycles. The summed E-state index contributed by atoms with van der Waals surface area (Å²) in [4.78, 5) is 2.56. The molecule has 2 bridgehead atoms.